The minimum absolute atomic E-state index is 0.0984. The zero-order chi connectivity index (χ0) is 18.5. The number of hydrogen-bond donors (Lipinski definition) is 1. The summed E-state index contributed by atoms with van der Waals surface area (Å²) in [5.74, 6) is 2.48. The lowest BCUT2D eigenvalue weighted by Gasteiger charge is -2.34. The second-order valence-corrected chi connectivity index (χ2v) is 5.83. The lowest BCUT2D eigenvalue weighted by atomic mass is 10.3. The van der Waals surface area contributed by atoms with E-state index in [-0.39, 0.29) is 5.91 Å². The number of piperazine rings is 1. The Kier molecular flexibility index (Phi) is 5.35. The molecule has 0 saturated carbocycles. The molecule has 0 bridgehead atoms. The Hall–Kier alpha value is -3.10. The smallest absolute Gasteiger partial charge is 0.249 e. The van der Waals surface area contributed by atoms with Crippen molar-refractivity contribution in [1.29, 1.82) is 0 Å². The number of nitrogens with one attached hydrogen (secondary N) is 1. The first-order chi connectivity index (χ1) is 12.6. The first kappa shape index (κ1) is 17.7. The molecule has 0 spiro atoms. The van der Waals surface area contributed by atoms with Crippen LogP contribution in [0.15, 0.2) is 24.4 Å². The van der Waals surface area contributed by atoms with Crippen LogP contribution in [0.1, 0.15) is 6.92 Å². The third kappa shape index (κ3) is 3.93. The maximum atomic E-state index is 11.4. The predicted molar refractivity (Wildman–Crippen MR) is 97.1 cm³/mol. The van der Waals surface area contributed by atoms with Crippen molar-refractivity contribution >= 4 is 23.4 Å². The van der Waals surface area contributed by atoms with Gasteiger partial charge in [-0.1, -0.05) is 0 Å². The van der Waals surface area contributed by atoms with Gasteiger partial charge in [0.25, 0.3) is 0 Å². The first-order valence-corrected chi connectivity index (χ1v) is 8.30. The minimum Gasteiger partial charge on any atom is -0.493 e. The lowest BCUT2D eigenvalue weighted by molar-refractivity contribution is -0.129. The van der Waals surface area contributed by atoms with Gasteiger partial charge in [-0.3, -0.25) is 4.79 Å². The van der Waals surface area contributed by atoms with Gasteiger partial charge in [-0.15, -0.1) is 5.10 Å². The van der Waals surface area contributed by atoms with Crippen LogP contribution in [-0.4, -0.2) is 66.4 Å². The maximum Gasteiger partial charge on any atom is 0.249 e. The standard InChI is InChI=1S/C17H22N6O3/c1-12(24)22-6-8-23(9-7-22)16-11-18-21-17(20-16)19-13-4-5-14(25-2)15(10-13)26-3/h4-5,10-11H,6-9H2,1-3H3,(H,19,20,21). The summed E-state index contributed by atoms with van der Waals surface area (Å²) in [5, 5.41) is 11.2. The van der Waals surface area contributed by atoms with E-state index in [4.69, 9.17) is 9.47 Å². The van der Waals surface area contributed by atoms with Crippen molar-refractivity contribution in [3.63, 3.8) is 0 Å². The number of methoxy groups -OCH3 is 2. The molecular formula is C17H22N6O3. The summed E-state index contributed by atoms with van der Waals surface area (Å²) in [6.07, 6.45) is 1.63. The Morgan fingerprint density at radius 2 is 1.85 bits per heavy atom. The number of nitrogens with zero attached hydrogens (tertiary/aromatic N) is 5. The highest BCUT2D eigenvalue weighted by Crippen LogP contribution is 2.30. The number of anilines is 3. The van der Waals surface area contributed by atoms with Crippen molar-refractivity contribution < 1.29 is 14.3 Å². The fraction of sp³-hybridized carbons (Fsp3) is 0.412. The topological polar surface area (TPSA) is 92.7 Å². The normalized spacial score (nSPS) is 14.1. The zero-order valence-electron chi connectivity index (χ0n) is 15.1. The van der Waals surface area contributed by atoms with Crippen LogP contribution in [0.5, 0.6) is 11.5 Å². The third-order valence-electron chi connectivity index (χ3n) is 4.23. The minimum atomic E-state index is 0.0984. The number of carbonyl (C=O) groups excluding carboxylic acids is 1. The molecular weight excluding hydrogens is 336 g/mol. The van der Waals surface area contributed by atoms with E-state index in [1.807, 2.05) is 11.0 Å². The molecule has 2 heterocycles. The largest absolute Gasteiger partial charge is 0.493 e. The van der Waals surface area contributed by atoms with E-state index < -0.39 is 0 Å². The number of rotatable bonds is 5. The molecule has 26 heavy (non-hydrogen) atoms. The maximum absolute atomic E-state index is 11.4. The summed E-state index contributed by atoms with van der Waals surface area (Å²) in [6, 6.07) is 5.46. The molecule has 1 aromatic heterocycles. The molecule has 1 aromatic carbocycles. The Labute approximate surface area is 151 Å². The summed E-state index contributed by atoms with van der Waals surface area (Å²) < 4.78 is 10.5. The van der Waals surface area contributed by atoms with Crippen LogP contribution in [0.2, 0.25) is 0 Å². The Bertz CT molecular complexity index is 777. The molecule has 9 heteroatoms. The van der Waals surface area contributed by atoms with E-state index in [9.17, 15) is 4.79 Å². The Morgan fingerprint density at radius 1 is 1.12 bits per heavy atom. The molecule has 0 unspecified atom stereocenters. The van der Waals surface area contributed by atoms with Gasteiger partial charge in [-0.2, -0.15) is 10.1 Å². The van der Waals surface area contributed by atoms with E-state index in [1.54, 1.807) is 39.5 Å². The van der Waals surface area contributed by atoms with Gasteiger partial charge in [0.05, 0.1) is 20.4 Å². The molecule has 2 aromatic rings. The average Bonchev–Trinajstić information content (AvgIpc) is 2.68. The number of aromatic nitrogens is 3. The van der Waals surface area contributed by atoms with Gasteiger partial charge in [0.2, 0.25) is 11.9 Å². The van der Waals surface area contributed by atoms with E-state index in [0.717, 1.165) is 11.5 Å². The van der Waals surface area contributed by atoms with Crippen molar-refractivity contribution in [2.75, 3.05) is 50.6 Å². The van der Waals surface area contributed by atoms with Gasteiger partial charge in [-0.05, 0) is 12.1 Å². The van der Waals surface area contributed by atoms with Gasteiger partial charge in [0, 0.05) is 44.9 Å². The highest BCUT2D eigenvalue weighted by Gasteiger charge is 2.20. The second kappa shape index (κ2) is 7.85. The third-order valence-corrected chi connectivity index (χ3v) is 4.23. The van der Waals surface area contributed by atoms with E-state index in [2.05, 4.69) is 25.4 Å². The lowest BCUT2D eigenvalue weighted by Crippen LogP contribution is -2.48. The van der Waals surface area contributed by atoms with Crippen LogP contribution in [0, 0.1) is 0 Å². The van der Waals surface area contributed by atoms with Gasteiger partial charge >= 0.3 is 0 Å². The molecule has 1 aliphatic rings. The van der Waals surface area contributed by atoms with Crippen molar-refractivity contribution in [2.45, 2.75) is 6.92 Å². The molecule has 0 aliphatic carbocycles. The highest BCUT2D eigenvalue weighted by atomic mass is 16.5. The van der Waals surface area contributed by atoms with Gasteiger partial charge in [0.1, 0.15) is 0 Å². The van der Waals surface area contributed by atoms with Gasteiger partial charge in [0.15, 0.2) is 17.3 Å². The summed E-state index contributed by atoms with van der Waals surface area (Å²) in [5.41, 5.74) is 0.767. The average molecular weight is 358 g/mol. The number of hydrogen-bond acceptors (Lipinski definition) is 8. The van der Waals surface area contributed by atoms with Crippen LogP contribution >= 0.6 is 0 Å². The van der Waals surface area contributed by atoms with Crippen LogP contribution in [-0.2, 0) is 4.79 Å². The van der Waals surface area contributed by atoms with Crippen LogP contribution < -0.4 is 19.7 Å². The summed E-state index contributed by atoms with van der Waals surface area (Å²) in [4.78, 5) is 19.9. The molecule has 0 atom stereocenters. The molecule has 1 fully saturated rings. The first-order valence-electron chi connectivity index (χ1n) is 8.30. The summed E-state index contributed by atoms with van der Waals surface area (Å²) in [7, 11) is 3.17. The number of benzene rings is 1. The number of ether oxygens (including phenoxy) is 2. The molecule has 3 rings (SSSR count). The second-order valence-electron chi connectivity index (χ2n) is 5.83. The summed E-state index contributed by atoms with van der Waals surface area (Å²) >= 11 is 0. The highest BCUT2D eigenvalue weighted by molar-refractivity contribution is 5.73. The Balaban J connectivity index is 1.71. The SMILES string of the molecule is COc1ccc(Nc2nncc(N3CCN(C(C)=O)CC3)n2)cc1OC. The predicted octanol–water partition coefficient (Wildman–Crippen LogP) is 1.30. The van der Waals surface area contributed by atoms with Crippen molar-refractivity contribution in [3.8, 4) is 11.5 Å². The molecule has 1 N–H and O–H groups in total. The van der Waals surface area contributed by atoms with Crippen molar-refractivity contribution in [1.82, 2.24) is 20.1 Å². The van der Waals surface area contributed by atoms with Gasteiger partial charge in [-0.25, -0.2) is 0 Å². The monoisotopic (exact) mass is 358 g/mol. The Morgan fingerprint density at radius 3 is 2.50 bits per heavy atom. The van der Waals surface area contributed by atoms with Crippen molar-refractivity contribution in [3.05, 3.63) is 24.4 Å². The zero-order valence-corrected chi connectivity index (χ0v) is 15.1. The van der Waals surface area contributed by atoms with Gasteiger partial charge < -0.3 is 24.6 Å². The van der Waals surface area contributed by atoms with E-state index in [1.165, 1.54) is 0 Å². The number of carbonyl (C=O) groups is 1. The molecule has 1 aliphatic heterocycles. The fourth-order valence-electron chi connectivity index (χ4n) is 2.79. The van der Waals surface area contributed by atoms with Crippen LogP contribution in [0.3, 0.4) is 0 Å². The summed E-state index contributed by atoms with van der Waals surface area (Å²) in [6.45, 7) is 4.38. The van der Waals surface area contributed by atoms with E-state index in [0.29, 0.717) is 43.6 Å². The van der Waals surface area contributed by atoms with E-state index >= 15 is 0 Å². The fourth-order valence-corrected chi connectivity index (χ4v) is 2.79. The van der Waals surface area contributed by atoms with Crippen molar-refractivity contribution in [2.24, 2.45) is 0 Å². The quantitative estimate of drug-likeness (QED) is 0.855. The van der Waals surface area contributed by atoms with Crippen LogP contribution in [0.25, 0.3) is 0 Å². The molecule has 9 nitrogen and oxygen atoms in total. The number of amides is 1. The molecule has 1 saturated heterocycles. The molecule has 1 amide bonds. The molecule has 0 radical (unpaired) electrons. The van der Waals surface area contributed by atoms with Crippen LogP contribution in [0.4, 0.5) is 17.5 Å². The molecule has 138 valence electrons.